The summed E-state index contributed by atoms with van der Waals surface area (Å²) in [7, 11) is -3.64. The van der Waals surface area contributed by atoms with Gasteiger partial charge < -0.3 is 5.32 Å². The molecule has 1 unspecified atom stereocenters. The molecule has 6 nitrogen and oxygen atoms in total. The molecule has 2 aromatic carbocycles. The molecule has 3 aromatic rings. The largest absolute Gasteiger partial charge is 0.324 e. The van der Waals surface area contributed by atoms with Crippen molar-refractivity contribution in [1.82, 2.24) is 4.98 Å². The maximum atomic E-state index is 13.0. The van der Waals surface area contributed by atoms with Gasteiger partial charge >= 0.3 is 0 Å². The Hall–Kier alpha value is -3.19. The molecule has 0 saturated carbocycles. The van der Waals surface area contributed by atoms with Crippen LogP contribution in [-0.2, 0) is 21.2 Å². The van der Waals surface area contributed by atoms with E-state index in [4.69, 9.17) is 0 Å². The number of aromatic nitrogens is 1. The predicted molar refractivity (Wildman–Crippen MR) is 120 cm³/mol. The molecule has 0 radical (unpaired) electrons. The Kier molecular flexibility index (Phi) is 6.84. The molecular weight excluding hydrogens is 398 g/mol. The molecule has 0 aliphatic rings. The van der Waals surface area contributed by atoms with E-state index in [-0.39, 0.29) is 5.91 Å². The smallest absolute Gasteiger partial charge is 0.248 e. The number of hydrogen-bond acceptors (Lipinski definition) is 4. The average molecular weight is 424 g/mol. The zero-order valence-electron chi connectivity index (χ0n) is 17.0. The van der Waals surface area contributed by atoms with Crippen molar-refractivity contribution in [3.8, 4) is 0 Å². The lowest BCUT2D eigenvalue weighted by Crippen LogP contribution is -2.46. The van der Waals surface area contributed by atoms with Crippen LogP contribution in [-0.4, -0.2) is 31.6 Å². The molecule has 0 spiro atoms. The second kappa shape index (κ2) is 9.54. The maximum Gasteiger partial charge on any atom is 0.248 e. The fourth-order valence-corrected chi connectivity index (χ4v) is 4.51. The SMILES string of the molecule is CCC(C(=O)Nc1ccc(Cc2ccncc2)cc1)N(c1ccccc1)S(C)(=O)=O. The van der Waals surface area contributed by atoms with Gasteiger partial charge in [-0.3, -0.25) is 14.1 Å². The van der Waals surface area contributed by atoms with Gasteiger partial charge in [-0.2, -0.15) is 0 Å². The number of hydrogen-bond donors (Lipinski definition) is 1. The highest BCUT2D eigenvalue weighted by molar-refractivity contribution is 7.92. The quantitative estimate of drug-likeness (QED) is 0.597. The number of rotatable bonds is 8. The molecule has 0 saturated heterocycles. The van der Waals surface area contributed by atoms with Crippen molar-refractivity contribution in [2.45, 2.75) is 25.8 Å². The summed E-state index contributed by atoms with van der Waals surface area (Å²) in [6, 6.07) is 19.3. The Balaban J connectivity index is 1.75. The molecule has 1 N–H and O–H groups in total. The van der Waals surface area contributed by atoms with Gasteiger partial charge in [0.25, 0.3) is 0 Å². The van der Waals surface area contributed by atoms with Crippen molar-refractivity contribution in [2.24, 2.45) is 0 Å². The molecule has 30 heavy (non-hydrogen) atoms. The molecule has 156 valence electrons. The highest BCUT2D eigenvalue weighted by Crippen LogP contribution is 2.23. The third-order valence-corrected chi connectivity index (χ3v) is 5.90. The Bertz CT molecular complexity index is 1070. The second-order valence-electron chi connectivity index (χ2n) is 7.04. The van der Waals surface area contributed by atoms with E-state index in [0.717, 1.165) is 23.8 Å². The number of benzene rings is 2. The van der Waals surface area contributed by atoms with Gasteiger partial charge in [0.15, 0.2) is 0 Å². The molecule has 0 aliphatic carbocycles. The van der Waals surface area contributed by atoms with E-state index in [1.165, 1.54) is 4.31 Å². The third-order valence-electron chi connectivity index (χ3n) is 4.72. The first kappa shape index (κ1) is 21.5. The molecule has 0 bridgehead atoms. The Morgan fingerprint density at radius 3 is 2.13 bits per heavy atom. The van der Waals surface area contributed by atoms with E-state index in [0.29, 0.717) is 17.8 Å². The van der Waals surface area contributed by atoms with Crippen molar-refractivity contribution in [3.63, 3.8) is 0 Å². The van der Waals surface area contributed by atoms with Crippen LogP contribution in [0.5, 0.6) is 0 Å². The van der Waals surface area contributed by atoms with Crippen LogP contribution in [0.3, 0.4) is 0 Å². The molecule has 1 aromatic heterocycles. The number of sulfonamides is 1. The van der Waals surface area contributed by atoms with Crippen molar-refractivity contribution in [2.75, 3.05) is 15.9 Å². The van der Waals surface area contributed by atoms with Crippen LogP contribution in [0.2, 0.25) is 0 Å². The summed E-state index contributed by atoms with van der Waals surface area (Å²) in [6.45, 7) is 1.79. The lowest BCUT2D eigenvalue weighted by molar-refractivity contribution is -0.117. The van der Waals surface area contributed by atoms with Crippen molar-refractivity contribution in [3.05, 3.63) is 90.3 Å². The molecule has 3 rings (SSSR count). The number of carbonyl (C=O) groups is 1. The summed E-state index contributed by atoms with van der Waals surface area (Å²) in [6.07, 6.45) is 5.74. The van der Waals surface area contributed by atoms with Crippen LogP contribution in [0.4, 0.5) is 11.4 Å². The van der Waals surface area contributed by atoms with E-state index in [1.54, 1.807) is 49.6 Å². The first-order valence-corrected chi connectivity index (χ1v) is 11.6. The zero-order chi connectivity index (χ0) is 21.6. The van der Waals surface area contributed by atoms with Gasteiger partial charge in [-0.15, -0.1) is 0 Å². The van der Waals surface area contributed by atoms with E-state index >= 15 is 0 Å². The van der Waals surface area contributed by atoms with Crippen LogP contribution >= 0.6 is 0 Å². The number of amides is 1. The van der Waals surface area contributed by atoms with Gasteiger partial charge in [0.2, 0.25) is 15.9 Å². The van der Waals surface area contributed by atoms with Crippen LogP contribution in [0.1, 0.15) is 24.5 Å². The van der Waals surface area contributed by atoms with Crippen LogP contribution in [0.25, 0.3) is 0 Å². The fourth-order valence-electron chi connectivity index (χ4n) is 3.30. The zero-order valence-corrected chi connectivity index (χ0v) is 17.8. The molecule has 1 atom stereocenters. The Labute approximate surface area is 177 Å². The van der Waals surface area contributed by atoms with Gasteiger partial charge in [-0.1, -0.05) is 37.3 Å². The minimum atomic E-state index is -3.64. The average Bonchev–Trinajstić information content (AvgIpc) is 2.73. The monoisotopic (exact) mass is 423 g/mol. The minimum absolute atomic E-state index is 0.341. The van der Waals surface area contributed by atoms with Gasteiger partial charge in [-0.25, -0.2) is 8.42 Å². The van der Waals surface area contributed by atoms with Crippen molar-refractivity contribution >= 4 is 27.3 Å². The molecule has 0 fully saturated rings. The number of carbonyl (C=O) groups excluding carboxylic acids is 1. The highest BCUT2D eigenvalue weighted by atomic mass is 32.2. The summed E-state index contributed by atoms with van der Waals surface area (Å²) >= 11 is 0. The number of nitrogens with zero attached hydrogens (tertiary/aromatic N) is 2. The minimum Gasteiger partial charge on any atom is -0.324 e. The lowest BCUT2D eigenvalue weighted by atomic mass is 10.1. The van der Waals surface area contributed by atoms with E-state index in [2.05, 4.69) is 10.3 Å². The van der Waals surface area contributed by atoms with Crippen LogP contribution in [0, 0.1) is 0 Å². The van der Waals surface area contributed by atoms with Gasteiger partial charge in [-0.05, 0) is 60.4 Å². The molecule has 7 heteroatoms. The summed E-state index contributed by atoms with van der Waals surface area (Å²) in [5.41, 5.74) is 3.35. The number of pyridine rings is 1. The highest BCUT2D eigenvalue weighted by Gasteiger charge is 2.31. The predicted octanol–water partition coefficient (Wildman–Crippen LogP) is 3.86. The van der Waals surface area contributed by atoms with E-state index < -0.39 is 16.1 Å². The number of para-hydroxylation sites is 1. The third kappa shape index (κ3) is 5.45. The Morgan fingerprint density at radius 2 is 1.57 bits per heavy atom. The van der Waals surface area contributed by atoms with E-state index in [9.17, 15) is 13.2 Å². The van der Waals surface area contributed by atoms with Crippen LogP contribution in [0.15, 0.2) is 79.1 Å². The summed E-state index contributed by atoms with van der Waals surface area (Å²) in [5, 5.41) is 2.85. The first-order valence-electron chi connectivity index (χ1n) is 9.71. The molecule has 0 aliphatic heterocycles. The summed E-state index contributed by atoms with van der Waals surface area (Å²) in [5.74, 6) is -0.367. The fraction of sp³-hybridized carbons (Fsp3) is 0.217. The molecule has 1 heterocycles. The van der Waals surface area contributed by atoms with Gasteiger partial charge in [0, 0.05) is 18.1 Å². The Morgan fingerprint density at radius 1 is 0.967 bits per heavy atom. The first-order chi connectivity index (χ1) is 14.4. The standard InChI is InChI=1S/C23H25N3O3S/c1-3-22(26(30(2,28)29)21-7-5-4-6-8-21)23(27)25-20-11-9-18(10-12-20)17-19-13-15-24-16-14-19/h4-16,22H,3,17H2,1-2H3,(H,25,27). The molecule has 1 amide bonds. The number of anilines is 2. The summed E-state index contributed by atoms with van der Waals surface area (Å²) in [4.78, 5) is 17.0. The molecular formula is C23H25N3O3S. The lowest BCUT2D eigenvalue weighted by Gasteiger charge is -2.30. The topological polar surface area (TPSA) is 79.4 Å². The van der Waals surface area contributed by atoms with Crippen molar-refractivity contribution < 1.29 is 13.2 Å². The second-order valence-corrected chi connectivity index (χ2v) is 8.90. The normalized spacial score (nSPS) is 12.2. The number of nitrogens with one attached hydrogen (secondary N) is 1. The summed E-state index contributed by atoms with van der Waals surface area (Å²) < 4.78 is 26.1. The maximum absolute atomic E-state index is 13.0. The van der Waals surface area contributed by atoms with Gasteiger partial charge in [0.1, 0.15) is 6.04 Å². The van der Waals surface area contributed by atoms with Gasteiger partial charge in [0.05, 0.1) is 11.9 Å². The van der Waals surface area contributed by atoms with E-state index in [1.807, 2.05) is 36.4 Å². The van der Waals surface area contributed by atoms with Crippen molar-refractivity contribution in [1.29, 1.82) is 0 Å². The van der Waals surface area contributed by atoms with Crippen LogP contribution < -0.4 is 9.62 Å².